The van der Waals surface area contributed by atoms with E-state index in [1.807, 2.05) is 36.6 Å². The van der Waals surface area contributed by atoms with Crippen LogP contribution in [0.3, 0.4) is 0 Å². The van der Waals surface area contributed by atoms with Crippen LogP contribution in [0.2, 0.25) is 0 Å². The molecule has 0 aliphatic carbocycles. The Morgan fingerprint density at radius 1 is 1.00 bits per heavy atom. The lowest BCUT2D eigenvalue weighted by atomic mass is 9.96. The van der Waals surface area contributed by atoms with Gasteiger partial charge in [0, 0.05) is 17.3 Å². The van der Waals surface area contributed by atoms with Crippen LogP contribution in [0.5, 0.6) is 0 Å². The van der Waals surface area contributed by atoms with Gasteiger partial charge in [0.15, 0.2) is 0 Å². The Kier molecular flexibility index (Phi) is 8.60. The van der Waals surface area contributed by atoms with E-state index < -0.39 is 17.9 Å². The number of carbonyl (C=O) groups excluding carboxylic acids is 3. The van der Waals surface area contributed by atoms with Gasteiger partial charge in [-0.05, 0) is 59.9 Å². The minimum Gasteiger partial charge on any atom is -0.467 e. The van der Waals surface area contributed by atoms with Crippen molar-refractivity contribution >= 4 is 35.4 Å². The van der Waals surface area contributed by atoms with E-state index >= 15 is 0 Å². The van der Waals surface area contributed by atoms with Crippen LogP contribution in [0.25, 0.3) is 11.1 Å². The maximum Gasteiger partial charge on any atom is 0.328 e. The van der Waals surface area contributed by atoms with E-state index in [4.69, 9.17) is 4.74 Å². The molecule has 7 nitrogen and oxygen atoms in total. The first-order valence-electron chi connectivity index (χ1n) is 10.3. The first-order chi connectivity index (χ1) is 16.0. The number of rotatable bonds is 9. The van der Waals surface area contributed by atoms with E-state index in [2.05, 4.69) is 15.6 Å². The van der Waals surface area contributed by atoms with Crippen LogP contribution in [-0.4, -0.2) is 47.9 Å². The van der Waals surface area contributed by atoms with E-state index in [1.165, 1.54) is 7.11 Å². The van der Waals surface area contributed by atoms with E-state index in [1.54, 1.807) is 54.4 Å². The highest BCUT2D eigenvalue weighted by Crippen LogP contribution is 2.26. The number of hydrogen-bond donors (Lipinski definition) is 2. The fourth-order valence-corrected chi connectivity index (χ4v) is 3.70. The molecule has 2 amide bonds. The molecule has 0 aliphatic heterocycles. The molecular weight excluding hydrogens is 438 g/mol. The van der Waals surface area contributed by atoms with Gasteiger partial charge in [-0.25, -0.2) is 9.78 Å². The van der Waals surface area contributed by atoms with Gasteiger partial charge in [-0.3, -0.25) is 9.59 Å². The number of pyridine rings is 1. The highest BCUT2D eigenvalue weighted by atomic mass is 32.2. The molecule has 0 fully saturated rings. The van der Waals surface area contributed by atoms with E-state index in [-0.39, 0.29) is 5.91 Å². The van der Waals surface area contributed by atoms with Gasteiger partial charge < -0.3 is 15.4 Å². The second-order valence-electron chi connectivity index (χ2n) is 7.13. The van der Waals surface area contributed by atoms with Crippen LogP contribution < -0.4 is 10.6 Å². The number of amides is 2. The molecule has 0 spiro atoms. The SMILES string of the molecule is COC(=O)C(CCSC)NC(=O)c1ccc(C(=O)Nc2ccccn2)cc1-c1ccccc1. The number of aromatic nitrogens is 1. The van der Waals surface area contributed by atoms with E-state index in [0.29, 0.717) is 34.7 Å². The Balaban J connectivity index is 1.93. The summed E-state index contributed by atoms with van der Waals surface area (Å²) in [7, 11) is 1.30. The zero-order valence-corrected chi connectivity index (χ0v) is 19.2. The third-order valence-electron chi connectivity index (χ3n) is 4.92. The van der Waals surface area contributed by atoms with Gasteiger partial charge in [0.25, 0.3) is 11.8 Å². The smallest absolute Gasteiger partial charge is 0.328 e. The van der Waals surface area contributed by atoms with Crippen molar-refractivity contribution < 1.29 is 19.1 Å². The number of benzene rings is 2. The summed E-state index contributed by atoms with van der Waals surface area (Å²) in [5.74, 6) is -0.129. The standard InChI is InChI=1S/C25H25N3O4S/c1-32-25(31)21(13-15-33-2)27-24(30)19-12-11-18(16-20(19)17-8-4-3-5-9-17)23(29)28-22-10-6-7-14-26-22/h3-12,14,16,21H,13,15H2,1-2H3,(H,27,30)(H,26,28,29). The Bertz CT molecular complexity index is 1110. The molecule has 1 unspecified atom stereocenters. The summed E-state index contributed by atoms with van der Waals surface area (Å²) in [5, 5.41) is 5.53. The predicted octanol–water partition coefficient (Wildman–Crippen LogP) is 4.03. The molecule has 3 rings (SSSR count). The maximum absolute atomic E-state index is 13.2. The highest BCUT2D eigenvalue weighted by molar-refractivity contribution is 7.98. The third kappa shape index (κ3) is 6.43. The van der Waals surface area contributed by atoms with Crippen molar-refractivity contribution in [2.24, 2.45) is 0 Å². The van der Waals surface area contributed by atoms with Crippen LogP contribution >= 0.6 is 11.8 Å². The molecule has 0 bridgehead atoms. The lowest BCUT2D eigenvalue weighted by Crippen LogP contribution is -2.42. The molecule has 2 aromatic carbocycles. The number of nitrogens with zero attached hydrogens (tertiary/aromatic N) is 1. The topological polar surface area (TPSA) is 97.4 Å². The number of esters is 1. The normalized spacial score (nSPS) is 11.3. The second kappa shape index (κ2) is 11.8. The van der Waals surface area contributed by atoms with Crippen molar-refractivity contribution in [2.75, 3.05) is 24.4 Å². The Morgan fingerprint density at radius 3 is 2.42 bits per heavy atom. The minimum atomic E-state index is -0.759. The van der Waals surface area contributed by atoms with Crippen LogP contribution in [0.15, 0.2) is 72.9 Å². The fraction of sp³-hybridized carbons (Fsp3) is 0.200. The number of carbonyl (C=O) groups is 3. The summed E-state index contributed by atoms with van der Waals surface area (Å²) in [5.41, 5.74) is 2.08. The average Bonchev–Trinajstić information content (AvgIpc) is 2.86. The van der Waals surface area contributed by atoms with Crippen molar-refractivity contribution in [1.29, 1.82) is 0 Å². The quantitative estimate of drug-likeness (QED) is 0.465. The lowest BCUT2D eigenvalue weighted by molar-refractivity contribution is -0.142. The Hall–Kier alpha value is -3.65. The Morgan fingerprint density at radius 2 is 1.76 bits per heavy atom. The zero-order chi connectivity index (χ0) is 23.6. The van der Waals surface area contributed by atoms with Crippen molar-refractivity contribution in [3.05, 3.63) is 84.1 Å². The lowest BCUT2D eigenvalue weighted by Gasteiger charge is -2.18. The summed E-state index contributed by atoms with van der Waals surface area (Å²) in [4.78, 5) is 42.2. The number of anilines is 1. The number of ether oxygens (including phenoxy) is 1. The molecule has 0 radical (unpaired) electrons. The molecule has 3 aromatic rings. The predicted molar refractivity (Wildman–Crippen MR) is 130 cm³/mol. The molecule has 0 saturated carbocycles. The van der Waals surface area contributed by atoms with Gasteiger partial charge >= 0.3 is 5.97 Å². The van der Waals surface area contributed by atoms with Gasteiger partial charge in [-0.2, -0.15) is 11.8 Å². The maximum atomic E-state index is 13.2. The summed E-state index contributed by atoms with van der Waals surface area (Å²) in [6, 6.07) is 18.6. The summed E-state index contributed by atoms with van der Waals surface area (Å²) in [6.45, 7) is 0. The molecule has 0 saturated heterocycles. The van der Waals surface area contributed by atoms with Crippen LogP contribution in [0, 0.1) is 0 Å². The van der Waals surface area contributed by atoms with Crippen molar-refractivity contribution in [3.63, 3.8) is 0 Å². The second-order valence-corrected chi connectivity index (χ2v) is 8.11. The summed E-state index contributed by atoms with van der Waals surface area (Å²) >= 11 is 1.58. The molecule has 1 heterocycles. The Labute approximate surface area is 197 Å². The number of nitrogens with one attached hydrogen (secondary N) is 2. The molecular formula is C25H25N3O4S. The molecule has 170 valence electrons. The van der Waals surface area contributed by atoms with Crippen molar-refractivity contribution in [3.8, 4) is 11.1 Å². The molecule has 33 heavy (non-hydrogen) atoms. The first kappa shape index (κ1) is 24.0. The fourth-order valence-electron chi connectivity index (χ4n) is 3.23. The van der Waals surface area contributed by atoms with Crippen molar-refractivity contribution in [1.82, 2.24) is 10.3 Å². The first-order valence-corrected chi connectivity index (χ1v) is 11.7. The number of methoxy groups -OCH3 is 1. The highest BCUT2D eigenvalue weighted by Gasteiger charge is 2.24. The molecule has 1 aromatic heterocycles. The van der Waals surface area contributed by atoms with Gasteiger partial charge in [-0.1, -0.05) is 36.4 Å². The molecule has 8 heteroatoms. The molecule has 0 aliphatic rings. The minimum absolute atomic E-state index is 0.342. The summed E-state index contributed by atoms with van der Waals surface area (Å²) < 4.78 is 4.85. The van der Waals surface area contributed by atoms with Crippen LogP contribution in [0.4, 0.5) is 5.82 Å². The largest absolute Gasteiger partial charge is 0.467 e. The van der Waals surface area contributed by atoms with Gasteiger partial charge in [0.05, 0.1) is 7.11 Å². The average molecular weight is 464 g/mol. The van der Waals surface area contributed by atoms with E-state index in [0.717, 1.165) is 5.56 Å². The third-order valence-corrected chi connectivity index (χ3v) is 5.56. The van der Waals surface area contributed by atoms with Crippen molar-refractivity contribution in [2.45, 2.75) is 12.5 Å². The molecule has 1 atom stereocenters. The van der Waals surface area contributed by atoms with Crippen LogP contribution in [-0.2, 0) is 9.53 Å². The van der Waals surface area contributed by atoms with Gasteiger partial charge in [0.2, 0.25) is 0 Å². The van der Waals surface area contributed by atoms with Gasteiger partial charge in [0.1, 0.15) is 11.9 Å². The molecule has 2 N–H and O–H groups in total. The zero-order valence-electron chi connectivity index (χ0n) is 18.4. The number of thioether (sulfide) groups is 1. The van der Waals surface area contributed by atoms with Gasteiger partial charge in [-0.15, -0.1) is 0 Å². The van der Waals surface area contributed by atoms with Crippen LogP contribution in [0.1, 0.15) is 27.1 Å². The van der Waals surface area contributed by atoms with E-state index in [9.17, 15) is 14.4 Å². The number of hydrogen-bond acceptors (Lipinski definition) is 6. The summed E-state index contributed by atoms with van der Waals surface area (Å²) in [6.07, 6.45) is 3.97. The monoisotopic (exact) mass is 463 g/mol.